The van der Waals surface area contributed by atoms with Crippen molar-refractivity contribution in [1.29, 1.82) is 0 Å². The first-order valence-electron chi connectivity index (χ1n) is 8.45. The maximum absolute atomic E-state index is 12.3. The highest BCUT2D eigenvalue weighted by Crippen LogP contribution is 2.35. The number of unbranched alkanes of at least 4 members (excludes halogenated alkanes) is 2. The highest BCUT2D eigenvalue weighted by Gasteiger charge is 2.35. The predicted octanol–water partition coefficient (Wildman–Crippen LogP) is 3.00. The molecule has 2 aliphatic rings. The number of likely N-dealkylation sites (tertiary alicyclic amines) is 1. The van der Waals surface area contributed by atoms with E-state index in [1.54, 1.807) is 0 Å². The Labute approximate surface area is 127 Å². The minimum Gasteiger partial charge on any atom is -0.481 e. The minimum absolute atomic E-state index is 0.0858. The molecule has 0 bridgehead atoms. The first kappa shape index (κ1) is 16.1. The van der Waals surface area contributed by atoms with E-state index in [0.29, 0.717) is 24.9 Å². The molecular weight excluding hydrogens is 268 g/mol. The van der Waals surface area contributed by atoms with Crippen LogP contribution in [0.2, 0.25) is 0 Å². The predicted molar refractivity (Wildman–Crippen MR) is 81.2 cm³/mol. The van der Waals surface area contributed by atoms with Gasteiger partial charge in [-0.05, 0) is 44.4 Å². The highest BCUT2D eigenvalue weighted by molar-refractivity contribution is 5.74. The number of carboxylic acid groups (broad SMARTS) is 1. The van der Waals surface area contributed by atoms with Crippen LogP contribution >= 0.6 is 0 Å². The summed E-state index contributed by atoms with van der Waals surface area (Å²) >= 11 is 0. The Morgan fingerprint density at radius 1 is 1.05 bits per heavy atom. The summed E-state index contributed by atoms with van der Waals surface area (Å²) in [5.41, 5.74) is 0. The van der Waals surface area contributed by atoms with E-state index in [1.165, 1.54) is 25.7 Å². The Hall–Kier alpha value is -1.26. The van der Waals surface area contributed by atoms with E-state index in [-0.39, 0.29) is 12.5 Å². The lowest BCUT2D eigenvalue weighted by Crippen LogP contribution is -2.45. The summed E-state index contributed by atoms with van der Waals surface area (Å²) in [5.74, 6) is -0.0238. The van der Waals surface area contributed by atoms with Crippen LogP contribution in [0.4, 0.5) is 4.79 Å². The number of amides is 2. The first-order valence-corrected chi connectivity index (χ1v) is 8.45. The van der Waals surface area contributed by atoms with Gasteiger partial charge in [0.2, 0.25) is 0 Å². The van der Waals surface area contributed by atoms with E-state index in [2.05, 4.69) is 5.32 Å². The number of hydrogen-bond donors (Lipinski definition) is 2. The summed E-state index contributed by atoms with van der Waals surface area (Å²) in [6.07, 6.45) is 10.1. The van der Waals surface area contributed by atoms with E-state index >= 15 is 0 Å². The number of carbonyl (C=O) groups excluding carboxylic acids is 1. The standard InChI is InChI=1S/C16H28N2O3/c19-15(20)10-2-1-5-11-17-16(21)18-12-6-9-14(18)13-7-3-4-8-13/h13-14H,1-12H2,(H,17,21)(H,19,20). The van der Waals surface area contributed by atoms with Crippen LogP contribution in [0.5, 0.6) is 0 Å². The molecule has 0 spiro atoms. The molecule has 1 aliphatic heterocycles. The van der Waals surface area contributed by atoms with Gasteiger partial charge in [0.15, 0.2) is 0 Å². The fraction of sp³-hybridized carbons (Fsp3) is 0.875. The molecule has 0 aromatic carbocycles. The van der Waals surface area contributed by atoms with Gasteiger partial charge in [-0.15, -0.1) is 0 Å². The third kappa shape index (κ3) is 4.90. The summed E-state index contributed by atoms with van der Waals surface area (Å²) in [7, 11) is 0. The van der Waals surface area contributed by atoms with Gasteiger partial charge in [0, 0.05) is 25.6 Å². The number of nitrogens with one attached hydrogen (secondary N) is 1. The van der Waals surface area contributed by atoms with Crippen molar-refractivity contribution in [2.45, 2.75) is 70.3 Å². The van der Waals surface area contributed by atoms with E-state index in [4.69, 9.17) is 5.11 Å². The van der Waals surface area contributed by atoms with E-state index in [0.717, 1.165) is 32.2 Å². The minimum atomic E-state index is -0.740. The summed E-state index contributed by atoms with van der Waals surface area (Å²) < 4.78 is 0. The van der Waals surface area contributed by atoms with Crippen LogP contribution in [-0.2, 0) is 4.79 Å². The number of carbonyl (C=O) groups is 2. The Bertz CT molecular complexity index is 353. The molecule has 120 valence electrons. The van der Waals surface area contributed by atoms with Gasteiger partial charge in [0.25, 0.3) is 0 Å². The number of carboxylic acids is 1. The summed E-state index contributed by atoms with van der Waals surface area (Å²) in [6, 6.07) is 0.544. The van der Waals surface area contributed by atoms with Crippen LogP contribution in [-0.4, -0.2) is 41.1 Å². The number of hydrogen-bond acceptors (Lipinski definition) is 2. The smallest absolute Gasteiger partial charge is 0.317 e. The average molecular weight is 296 g/mol. The Morgan fingerprint density at radius 2 is 1.81 bits per heavy atom. The van der Waals surface area contributed by atoms with Gasteiger partial charge in [-0.25, -0.2) is 4.79 Å². The molecule has 1 saturated heterocycles. The van der Waals surface area contributed by atoms with Crippen molar-refractivity contribution >= 4 is 12.0 Å². The molecule has 1 aliphatic carbocycles. The number of rotatable bonds is 7. The second-order valence-corrected chi connectivity index (χ2v) is 6.38. The van der Waals surface area contributed by atoms with Gasteiger partial charge < -0.3 is 15.3 Å². The van der Waals surface area contributed by atoms with Crippen molar-refractivity contribution in [2.75, 3.05) is 13.1 Å². The molecule has 2 fully saturated rings. The number of urea groups is 1. The number of nitrogens with zero attached hydrogens (tertiary/aromatic N) is 1. The molecule has 0 aromatic rings. The van der Waals surface area contributed by atoms with Crippen molar-refractivity contribution < 1.29 is 14.7 Å². The molecule has 2 rings (SSSR count). The molecule has 1 atom stereocenters. The first-order chi connectivity index (χ1) is 10.2. The zero-order valence-corrected chi connectivity index (χ0v) is 12.9. The SMILES string of the molecule is O=C(O)CCCCCNC(=O)N1CCCC1C1CCCC1. The molecule has 1 saturated carbocycles. The van der Waals surface area contributed by atoms with Gasteiger partial charge >= 0.3 is 12.0 Å². The molecular formula is C16H28N2O3. The normalized spacial score (nSPS) is 22.7. The monoisotopic (exact) mass is 296 g/mol. The quantitative estimate of drug-likeness (QED) is 0.710. The van der Waals surface area contributed by atoms with Crippen LogP contribution in [0.15, 0.2) is 0 Å². The fourth-order valence-electron chi connectivity index (χ4n) is 3.75. The Kier molecular flexibility index (Phi) is 6.33. The maximum Gasteiger partial charge on any atom is 0.317 e. The molecule has 2 N–H and O–H groups in total. The van der Waals surface area contributed by atoms with Crippen LogP contribution in [0, 0.1) is 5.92 Å². The molecule has 0 aromatic heterocycles. The fourth-order valence-corrected chi connectivity index (χ4v) is 3.75. The zero-order valence-electron chi connectivity index (χ0n) is 12.9. The van der Waals surface area contributed by atoms with Crippen LogP contribution < -0.4 is 5.32 Å². The van der Waals surface area contributed by atoms with E-state index < -0.39 is 5.97 Å². The molecule has 1 unspecified atom stereocenters. The van der Waals surface area contributed by atoms with Crippen molar-refractivity contribution in [2.24, 2.45) is 5.92 Å². The molecule has 2 amide bonds. The van der Waals surface area contributed by atoms with Crippen molar-refractivity contribution in [3.8, 4) is 0 Å². The third-order valence-electron chi connectivity index (χ3n) is 4.85. The average Bonchev–Trinajstić information content (AvgIpc) is 3.10. The lowest BCUT2D eigenvalue weighted by Gasteiger charge is -2.29. The summed E-state index contributed by atoms with van der Waals surface area (Å²) in [4.78, 5) is 24.7. The van der Waals surface area contributed by atoms with Gasteiger partial charge in [-0.2, -0.15) is 0 Å². The third-order valence-corrected chi connectivity index (χ3v) is 4.85. The summed E-state index contributed by atoms with van der Waals surface area (Å²) in [5, 5.41) is 11.6. The van der Waals surface area contributed by atoms with Crippen LogP contribution in [0.1, 0.15) is 64.2 Å². The van der Waals surface area contributed by atoms with Crippen LogP contribution in [0.3, 0.4) is 0 Å². The largest absolute Gasteiger partial charge is 0.481 e. The Balaban J connectivity index is 1.64. The van der Waals surface area contributed by atoms with Gasteiger partial charge in [-0.3, -0.25) is 4.79 Å². The zero-order chi connectivity index (χ0) is 15.1. The van der Waals surface area contributed by atoms with Gasteiger partial charge in [0.1, 0.15) is 0 Å². The van der Waals surface area contributed by atoms with E-state index in [1.807, 2.05) is 4.90 Å². The van der Waals surface area contributed by atoms with Crippen molar-refractivity contribution in [1.82, 2.24) is 10.2 Å². The molecule has 5 nitrogen and oxygen atoms in total. The maximum atomic E-state index is 12.3. The molecule has 1 heterocycles. The van der Waals surface area contributed by atoms with Gasteiger partial charge in [0.05, 0.1) is 0 Å². The van der Waals surface area contributed by atoms with Crippen LogP contribution in [0.25, 0.3) is 0 Å². The second-order valence-electron chi connectivity index (χ2n) is 6.38. The van der Waals surface area contributed by atoms with E-state index in [9.17, 15) is 9.59 Å². The molecule has 0 radical (unpaired) electrons. The molecule has 21 heavy (non-hydrogen) atoms. The van der Waals surface area contributed by atoms with Gasteiger partial charge in [-0.1, -0.05) is 19.3 Å². The highest BCUT2D eigenvalue weighted by atomic mass is 16.4. The Morgan fingerprint density at radius 3 is 2.52 bits per heavy atom. The lowest BCUT2D eigenvalue weighted by molar-refractivity contribution is -0.137. The van der Waals surface area contributed by atoms with Crippen molar-refractivity contribution in [3.63, 3.8) is 0 Å². The lowest BCUT2D eigenvalue weighted by atomic mass is 9.96. The van der Waals surface area contributed by atoms with Crippen molar-refractivity contribution in [3.05, 3.63) is 0 Å². The second kappa shape index (κ2) is 8.25. The number of aliphatic carboxylic acids is 1. The summed E-state index contributed by atoms with van der Waals surface area (Å²) in [6.45, 7) is 1.55. The topological polar surface area (TPSA) is 69.6 Å². The molecule has 5 heteroatoms.